The molecule has 1 aliphatic carbocycles. The molecule has 106 valence electrons. The lowest BCUT2D eigenvalue weighted by atomic mass is 10.0. The van der Waals surface area contributed by atoms with Crippen LogP contribution in [0.15, 0.2) is 29.2 Å². The Bertz CT molecular complexity index is 376. The second kappa shape index (κ2) is 7.73. The van der Waals surface area contributed by atoms with E-state index >= 15 is 0 Å². The number of benzene rings is 1. The van der Waals surface area contributed by atoms with E-state index in [1.807, 2.05) is 18.2 Å². The highest BCUT2D eigenvalue weighted by Crippen LogP contribution is 2.32. The van der Waals surface area contributed by atoms with Crippen LogP contribution in [0.4, 0.5) is 14.5 Å². The van der Waals surface area contributed by atoms with Crippen LogP contribution in [0.2, 0.25) is 0 Å². The quantitative estimate of drug-likeness (QED) is 0.575. The third-order valence-electron chi connectivity index (χ3n) is 3.66. The van der Waals surface area contributed by atoms with Crippen molar-refractivity contribution < 1.29 is 8.78 Å². The van der Waals surface area contributed by atoms with Crippen LogP contribution >= 0.6 is 11.8 Å². The minimum Gasteiger partial charge on any atom is -0.384 e. The van der Waals surface area contributed by atoms with Gasteiger partial charge in [0.1, 0.15) is 0 Å². The first-order valence-electron chi connectivity index (χ1n) is 7.03. The zero-order chi connectivity index (χ0) is 13.5. The Morgan fingerprint density at radius 2 is 1.79 bits per heavy atom. The SMILES string of the molecule is FC(F)Sc1ccccc1NCC1CCCCCC1. The van der Waals surface area contributed by atoms with Gasteiger partial charge >= 0.3 is 0 Å². The molecule has 1 N–H and O–H groups in total. The van der Waals surface area contributed by atoms with Crippen LogP contribution in [0.5, 0.6) is 0 Å². The van der Waals surface area contributed by atoms with Gasteiger partial charge in [0, 0.05) is 17.1 Å². The second-order valence-corrected chi connectivity index (χ2v) is 6.15. The Hall–Kier alpha value is -0.770. The number of alkyl halides is 2. The summed E-state index contributed by atoms with van der Waals surface area (Å²) in [6.07, 6.45) is 7.82. The number of hydrogen-bond acceptors (Lipinski definition) is 2. The highest BCUT2D eigenvalue weighted by atomic mass is 32.2. The van der Waals surface area contributed by atoms with Crippen LogP contribution in [0.1, 0.15) is 38.5 Å². The molecular weight excluding hydrogens is 264 g/mol. The van der Waals surface area contributed by atoms with Crippen molar-refractivity contribution in [3.05, 3.63) is 24.3 Å². The molecule has 1 aromatic rings. The van der Waals surface area contributed by atoms with Crippen molar-refractivity contribution in [3.63, 3.8) is 0 Å². The molecule has 1 aromatic carbocycles. The van der Waals surface area contributed by atoms with Crippen molar-refractivity contribution >= 4 is 17.4 Å². The first-order valence-corrected chi connectivity index (χ1v) is 7.91. The van der Waals surface area contributed by atoms with E-state index in [0.717, 1.165) is 12.2 Å². The first kappa shape index (κ1) is 14.6. The maximum Gasteiger partial charge on any atom is 0.288 e. The largest absolute Gasteiger partial charge is 0.384 e. The maximum absolute atomic E-state index is 12.5. The second-order valence-electron chi connectivity index (χ2n) is 5.11. The van der Waals surface area contributed by atoms with Crippen molar-refractivity contribution in [3.8, 4) is 0 Å². The Morgan fingerprint density at radius 3 is 2.47 bits per heavy atom. The highest BCUT2D eigenvalue weighted by molar-refractivity contribution is 7.99. The Balaban J connectivity index is 1.90. The summed E-state index contributed by atoms with van der Waals surface area (Å²) >= 11 is 0.620. The molecule has 0 aromatic heterocycles. The molecule has 0 spiro atoms. The van der Waals surface area contributed by atoms with Crippen LogP contribution in [0.25, 0.3) is 0 Å². The molecule has 0 bridgehead atoms. The topological polar surface area (TPSA) is 12.0 Å². The van der Waals surface area contributed by atoms with Gasteiger partial charge in [-0.05, 0) is 30.9 Å². The van der Waals surface area contributed by atoms with Crippen molar-refractivity contribution in [2.24, 2.45) is 5.92 Å². The third-order valence-corrected chi connectivity index (χ3v) is 4.45. The molecule has 1 fully saturated rings. The maximum atomic E-state index is 12.5. The Kier molecular flexibility index (Phi) is 5.95. The van der Waals surface area contributed by atoms with E-state index in [2.05, 4.69) is 5.32 Å². The summed E-state index contributed by atoms with van der Waals surface area (Å²) in [4.78, 5) is 0.645. The minimum absolute atomic E-state index is 0.620. The van der Waals surface area contributed by atoms with Crippen LogP contribution in [0, 0.1) is 5.92 Å². The molecule has 0 saturated heterocycles. The Labute approximate surface area is 118 Å². The van der Waals surface area contributed by atoms with Crippen molar-refractivity contribution in [1.82, 2.24) is 0 Å². The first-order chi connectivity index (χ1) is 9.25. The zero-order valence-electron chi connectivity index (χ0n) is 11.1. The van der Waals surface area contributed by atoms with Gasteiger partial charge in [0.25, 0.3) is 5.76 Å². The van der Waals surface area contributed by atoms with E-state index in [9.17, 15) is 8.78 Å². The number of para-hydroxylation sites is 1. The molecule has 1 saturated carbocycles. The lowest BCUT2D eigenvalue weighted by Crippen LogP contribution is -2.14. The van der Waals surface area contributed by atoms with Gasteiger partial charge in [-0.1, -0.05) is 49.6 Å². The highest BCUT2D eigenvalue weighted by Gasteiger charge is 2.14. The lowest BCUT2D eigenvalue weighted by molar-refractivity contribution is 0.252. The molecule has 4 heteroatoms. The molecule has 0 heterocycles. The van der Waals surface area contributed by atoms with Gasteiger partial charge in [0.15, 0.2) is 0 Å². The number of anilines is 1. The van der Waals surface area contributed by atoms with Gasteiger partial charge in [0.2, 0.25) is 0 Å². The molecule has 0 amide bonds. The van der Waals surface area contributed by atoms with E-state index in [1.54, 1.807) is 6.07 Å². The number of nitrogens with one attached hydrogen (secondary N) is 1. The summed E-state index contributed by atoms with van der Waals surface area (Å²) in [6, 6.07) is 7.35. The molecule has 19 heavy (non-hydrogen) atoms. The summed E-state index contributed by atoms with van der Waals surface area (Å²) < 4.78 is 25.0. The lowest BCUT2D eigenvalue weighted by Gasteiger charge is -2.17. The summed E-state index contributed by atoms with van der Waals surface area (Å²) in [5, 5.41) is 3.36. The summed E-state index contributed by atoms with van der Waals surface area (Å²) in [5.41, 5.74) is 0.844. The van der Waals surface area contributed by atoms with Gasteiger partial charge in [-0.25, -0.2) is 0 Å². The molecule has 1 nitrogen and oxygen atoms in total. The standard InChI is InChI=1S/C15H21F2NS/c16-15(17)19-14-10-6-5-9-13(14)18-11-12-7-3-1-2-4-8-12/h5-6,9-10,12,15,18H,1-4,7-8,11H2. The summed E-state index contributed by atoms with van der Waals surface area (Å²) in [5.74, 6) is -1.67. The monoisotopic (exact) mass is 285 g/mol. The number of hydrogen-bond donors (Lipinski definition) is 1. The average molecular weight is 285 g/mol. The number of thioether (sulfide) groups is 1. The summed E-state index contributed by atoms with van der Waals surface area (Å²) in [6.45, 7) is 0.904. The predicted octanol–water partition coefficient (Wildman–Crippen LogP) is 5.38. The average Bonchev–Trinajstić information content (AvgIpc) is 2.65. The fourth-order valence-corrected chi connectivity index (χ4v) is 3.25. The minimum atomic E-state index is -2.36. The third kappa shape index (κ3) is 5.01. The van der Waals surface area contributed by atoms with E-state index in [-0.39, 0.29) is 0 Å². The fourth-order valence-electron chi connectivity index (χ4n) is 2.63. The summed E-state index contributed by atoms with van der Waals surface area (Å²) in [7, 11) is 0. The van der Waals surface area contributed by atoms with Crippen LogP contribution < -0.4 is 5.32 Å². The van der Waals surface area contributed by atoms with Crippen LogP contribution in [-0.4, -0.2) is 12.3 Å². The molecule has 0 radical (unpaired) electrons. The predicted molar refractivity (Wildman–Crippen MR) is 78.0 cm³/mol. The van der Waals surface area contributed by atoms with Crippen molar-refractivity contribution in [2.45, 2.75) is 49.2 Å². The number of rotatable bonds is 5. The van der Waals surface area contributed by atoms with E-state index < -0.39 is 5.76 Å². The number of halogens is 2. The molecule has 0 unspecified atom stereocenters. The van der Waals surface area contributed by atoms with Gasteiger partial charge in [0.05, 0.1) is 0 Å². The normalized spacial score (nSPS) is 17.4. The van der Waals surface area contributed by atoms with Gasteiger partial charge in [-0.3, -0.25) is 0 Å². The Morgan fingerprint density at radius 1 is 1.11 bits per heavy atom. The van der Waals surface area contributed by atoms with E-state index in [1.165, 1.54) is 38.5 Å². The van der Waals surface area contributed by atoms with Gasteiger partial charge < -0.3 is 5.32 Å². The molecule has 0 atom stereocenters. The van der Waals surface area contributed by atoms with Gasteiger partial charge in [-0.15, -0.1) is 0 Å². The molecular formula is C15H21F2NS. The van der Waals surface area contributed by atoms with Crippen LogP contribution in [0.3, 0.4) is 0 Å². The fraction of sp³-hybridized carbons (Fsp3) is 0.600. The van der Waals surface area contributed by atoms with E-state index in [4.69, 9.17) is 0 Å². The van der Waals surface area contributed by atoms with E-state index in [0.29, 0.717) is 22.6 Å². The molecule has 1 aliphatic rings. The van der Waals surface area contributed by atoms with Crippen molar-refractivity contribution in [1.29, 1.82) is 0 Å². The molecule has 2 rings (SSSR count). The van der Waals surface area contributed by atoms with Crippen molar-refractivity contribution in [2.75, 3.05) is 11.9 Å². The smallest absolute Gasteiger partial charge is 0.288 e. The molecule has 0 aliphatic heterocycles. The van der Waals surface area contributed by atoms with Gasteiger partial charge in [-0.2, -0.15) is 8.78 Å². The van der Waals surface area contributed by atoms with Crippen LogP contribution in [-0.2, 0) is 0 Å². The zero-order valence-corrected chi connectivity index (χ0v) is 11.9.